The number of hydrogen-bond acceptors (Lipinski definition) is 4. The molecule has 4 nitrogen and oxygen atoms in total. The fraction of sp³-hybridized carbons (Fsp3) is 0.267. The van der Waals surface area contributed by atoms with Crippen LogP contribution in [0.1, 0.15) is 0 Å². The highest BCUT2D eigenvalue weighted by Crippen LogP contribution is 2.28. The lowest BCUT2D eigenvalue weighted by atomic mass is 10.2. The molecule has 0 saturated carbocycles. The standard InChI is InChI=1S/C15H17ClN4/c16-12-11-18-6-5-14(12)19-7-9-20(10-8-19)15-4-2-1-3-13(15)17/h1-6,11H,7-10,17H2. The lowest BCUT2D eigenvalue weighted by Gasteiger charge is -2.38. The average molecular weight is 289 g/mol. The van der Waals surface area contributed by atoms with Crippen molar-refractivity contribution in [3.05, 3.63) is 47.7 Å². The first-order valence-corrected chi connectivity index (χ1v) is 7.07. The van der Waals surface area contributed by atoms with E-state index in [1.807, 2.05) is 24.3 Å². The predicted octanol–water partition coefficient (Wildman–Crippen LogP) is 2.64. The molecule has 0 unspecified atom stereocenters. The third-order valence-electron chi connectivity index (χ3n) is 3.65. The quantitative estimate of drug-likeness (QED) is 0.863. The van der Waals surface area contributed by atoms with E-state index in [9.17, 15) is 0 Å². The van der Waals surface area contributed by atoms with Gasteiger partial charge in [0, 0.05) is 38.6 Å². The molecule has 0 aliphatic carbocycles. The van der Waals surface area contributed by atoms with Crippen LogP contribution in [0.3, 0.4) is 0 Å². The van der Waals surface area contributed by atoms with E-state index >= 15 is 0 Å². The van der Waals surface area contributed by atoms with Crippen LogP contribution in [0.5, 0.6) is 0 Å². The smallest absolute Gasteiger partial charge is 0.0822 e. The number of anilines is 3. The minimum absolute atomic E-state index is 0.708. The summed E-state index contributed by atoms with van der Waals surface area (Å²) in [6, 6.07) is 9.98. The van der Waals surface area contributed by atoms with Crippen molar-refractivity contribution in [1.82, 2.24) is 4.98 Å². The molecule has 0 radical (unpaired) electrons. The molecule has 1 aliphatic heterocycles. The van der Waals surface area contributed by atoms with Gasteiger partial charge in [0.05, 0.1) is 22.1 Å². The Kier molecular flexibility index (Phi) is 3.65. The Morgan fingerprint density at radius 1 is 0.950 bits per heavy atom. The molecule has 1 fully saturated rings. The molecule has 3 rings (SSSR count). The van der Waals surface area contributed by atoms with E-state index in [0.717, 1.165) is 43.2 Å². The van der Waals surface area contributed by atoms with Crippen LogP contribution in [-0.2, 0) is 0 Å². The third kappa shape index (κ3) is 2.51. The SMILES string of the molecule is Nc1ccccc1N1CCN(c2ccncc2Cl)CC1. The number of nitrogens with zero attached hydrogens (tertiary/aromatic N) is 3. The Hall–Kier alpha value is -1.94. The minimum Gasteiger partial charge on any atom is -0.397 e. The molecular weight excluding hydrogens is 272 g/mol. The third-order valence-corrected chi connectivity index (χ3v) is 3.94. The molecular formula is C15H17ClN4. The Bertz CT molecular complexity index is 540. The maximum absolute atomic E-state index is 6.20. The van der Waals surface area contributed by atoms with Gasteiger partial charge in [-0.25, -0.2) is 0 Å². The summed E-state index contributed by atoms with van der Waals surface area (Å²) in [4.78, 5) is 8.64. The van der Waals surface area contributed by atoms with Gasteiger partial charge in [0.25, 0.3) is 0 Å². The van der Waals surface area contributed by atoms with Gasteiger partial charge in [-0.05, 0) is 18.2 Å². The summed E-state index contributed by atoms with van der Waals surface area (Å²) in [6.07, 6.45) is 3.47. The Labute approximate surface area is 123 Å². The first-order valence-electron chi connectivity index (χ1n) is 6.69. The first-order chi connectivity index (χ1) is 9.75. The van der Waals surface area contributed by atoms with Crippen LogP contribution in [0.2, 0.25) is 5.02 Å². The molecule has 0 spiro atoms. The fourth-order valence-corrected chi connectivity index (χ4v) is 2.83. The highest BCUT2D eigenvalue weighted by Gasteiger charge is 2.20. The summed E-state index contributed by atoms with van der Waals surface area (Å²) < 4.78 is 0. The zero-order valence-corrected chi connectivity index (χ0v) is 11.9. The summed E-state index contributed by atoms with van der Waals surface area (Å²) in [5, 5.41) is 0.708. The molecule has 1 aromatic carbocycles. The molecule has 2 aromatic rings. The fourth-order valence-electron chi connectivity index (χ4n) is 2.59. The van der Waals surface area contributed by atoms with Gasteiger partial charge < -0.3 is 15.5 Å². The Morgan fingerprint density at radius 2 is 1.60 bits per heavy atom. The van der Waals surface area contributed by atoms with Crippen LogP contribution in [-0.4, -0.2) is 31.2 Å². The van der Waals surface area contributed by atoms with Crippen molar-refractivity contribution in [3.8, 4) is 0 Å². The summed E-state index contributed by atoms with van der Waals surface area (Å²) in [5.41, 5.74) is 9.05. The van der Waals surface area contributed by atoms with Crippen molar-refractivity contribution in [2.45, 2.75) is 0 Å². The second-order valence-corrected chi connectivity index (χ2v) is 5.27. The van der Waals surface area contributed by atoms with Gasteiger partial charge >= 0.3 is 0 Å². The summed E-state index contributed by atoms with van der Waals surface area (Å²) in [7, 11) is 0. The van der Waals surface area contributed by atoms with Gasteiger partial charge in [-0.1, -0.05) is 23.7 Å². The molecule has 20 heavy (non-hydrogen) atoms. The monoisotopic (exact) mass is 288 g/mol. The number of para-hydroxylation sites is 2. The zero-order chi connectivity index (χ0) is 13.9. The zero-order valence-electron chi connectivity index (χ0n) is 11.2. The predicted molar refractivity (Wildman–Crippen MR) is 84.5 cm³/mol. The Morgan fingerprint density at radius 3 is 2.25 bits per heavy atom. The van der Waals surface area contributed by atoms with Crippen molar-refractivity contribution in [1.29, 1.82) is 0 Å². The van der Waals surface area contributed by atoms with Crippen LogP contribution in [0.15, 0.2) is 42.7 Å². The van der Waals surface area contributed by atoms with Gasteiger partial charge in [0.15, 0.2) is 0 Å². The lowest BCUT2D eigenvalue weighted by Crippen LogP contribution is -2.46. The molecule has 1 aromatic heterocycles. The maximum atomic E-state index is 6.20. The molecule has 5 heteroatoms. The lowest BCUT2D eigenvalue weighted by molar-refractivity contribution is 0.654. The molecule has 0 amide bonds. The summed E-state index contributed by atoms with van der Waals surface area (Å²) >= 11 is 6.20. The van der Waals surface area contributed by atoms with Crippen LogP contribution >= 0.6 is 11.6 Å². The molecule has 104 valence electrons. The van der Waals surface area contributed by atoms with Gasteiger partial charge in [-0.3, -0.25) is 4.98 Å². The van der Waals surface area contributed by atoms with E-state index in [0.29, 0.717) is 5.02 Å². The molecule has 2 N–H and O–H groups in total. The van der Waals surface area contributed by atoms with Gasteiger partial charge in [-0.2, -0.15) is 0 Å². The van der Waals surface area contributed by atoms with Crippen LogP contribution < -0.4 is 15.5 Å². The molecule has 2 heterocycles. The minimum atomic E-state index is 0.708. The number of benzene rings is 1. The van der Waals surface area contributed by atoms with Crippen LogP contribution in [0.25, 0.3) is 0 Å². The van der Waals surface area contributed by atoms with Gasteiger partial charge in [0.2, 0.25) is 0 Å². The molecule has 0 bridgehead atoms. The number of aromatic nitrogens is 1. The maximum Gasteiger partial charge on any atom is 0.0822 e. The van der Waals surface area contributed by atoms with Crippen molar-refractivity contribution in [2.75, 3.05) is 41.7 Å². The molecule has 1 aliphatic rings. The van der Waals surface area contributed by atoms with E-state index in [2.05, 4.69) is 20.9 Å². The number of rotatable bonds is 2. The average Bonchev–Trinajstić information content (AvgIpc) is 2.49. The van der Waals surface area contributed by atoms with E-state index in [1.54, 1.807) is 12.4 Å². The highest BCUT2D eigenvalue weighted by molar-refractivity contribution is 6.33. The van der Waals surface area contributed by atoms with Crippen molar-refractivity contribution in [2.24, 2.45) is 0 Å². The summed E-state index contributed by atoms with van der Waals surface area (Å²) in [5.74, 6) is 0. The largest absolute Gasteiger partial charge is 0.397 e. The number of halogens is 1. The molecule has 0 atom stereocenters. The van der Waals surface area contributed by atoms with Crippen molar-refractivity contribution < 1.29 is 0 Å². The normalized spacial score (nSPS) is 15.4. The van der Waals surface area contributed by atoms with Gasteiger partial charge in [-0.15, -0.1) is 0 Å². The van der Waals surface area contributed by atoms with E-state index in [1.165, 1.54) is 0 Å². The number of hydrogen-bond donors (Lipinski definition) is 1. The van der Waals surface area contributed by atoms with E-state index in [4.69, 9.17) is 17.3 Å². The van der Waals surface area contributed by atoms with Crippen molar-refractivity contribution in [3.63, 3.8) is 0 Å². The number of pyridine rings is 1. The first kappa shape index (κ1) is 13.1. The van der Waals surface area contributed by atoms with Crippen LogP contribution in [0, 0.1) is 0 Å². The summed E-state index contributed by atoms with van der Waals surface area (Å²) in [6.45, 7) is 3.73. The van der Waals surface area contributed by atoms with Crippen molar-refractivity contribution >= 4 is 28.7 Å². The highest BCUT2D eigenvalue weighted by atomic mass is 35.5. The number of nitrogen functional groups attached to an aromatic ring is 1. The number of piperazine rings is 1. The van der Waals surface area contributed by atoms with E-state index in [-0.39, 0.29) is 0 Å². The second kappa shape index (κ2) is 5.59. The number of nitrogens with two attached hydrogens (primary N) is 1. The Balaban J connectivity index is 1.72. The van der Waals surface area contributed by atoms with Crippen LogP contribution in [0.4, 0.5) is 17.1 Å². The van der Waals surface area contributed by atoms with E-state index < -0.39 is 0 Å². The molecule has 1 saturated heterocycles. The second-order valence-electron chi connectivity index (χ2n) is 4.86. The van der Waals surface area contributed by atoms with Gasteiger partial charge in [0.1, 0.15) is 0 Å². The topological polar surface area (TPSA) is 45.4 Å².